The predicted octanol–water partition coefficient (Wildman–Crippen LogP) is -5.03. The van der Waals surface area contributed by atoms with Gasteiger partial charge in [-0.2, -0.15) is 0 Å². The molecule has 0 aromatic heterocycles. The van der Waals surface area contributed by atoms with Crippen molar-refractivity contribution in [1.29, 1.82) is 0 Å². The Bertz CT molecular complexity index is 3540. The molecule has 3 fully saturated rings. The Labute approximate surface area is 651 Å². The zero-order valence-electron chi connectivity index (χ0n) is 66.9. The average molecular weight is 1590 g/mol. The maximum Gasteiger partial charge on any atom is 0.329 e. The highest BCUT2D eigenvalue weighted by Gasteiger charge is 2.50. The monoisotopic (exact) mass is 1590 g/mol. The topological polar surface area (TPSA) is 576 Å². The summed E-state index contributed by atoms with van der Waals surface area (Å²) in [5, 5.41) is 97.3. The molecule has 3 heterocycles. The van der Waals surface area contributed by atoms with Crippen LogP contribution in [0, 0.1) is 23.2 Å². The lowest BCUT2D eigenvalue weighted by atomic mass is 9.74. The molecule has 1 aromatic carbocycles. The lowest BCUT2D eigenvalue weighted by molar-refractivity contribution is -0.268. The van der Waals surface area contributed by atoms with Gasteiger partial charge in [0.1, 0.15) is 96.2 Å². The minimum atomic E-state index is -2.49. The number of nitrogens with one attached hydrogen (secondary N) is 9. The van der Waals surface area contributed by atoms with Gasteiger partial charge in [-0.15, -0.1) is 0 Å². The van der Waals surface area contributed by atoms with Crippen molar-refractivity contribution in [2.24, 2.45) is 34.6 Å². The first-order valence-corrected chi connectivity index (χ1v) is 37.2. The lowest BCUT2D eigenvalue weighted by Crippen LogP contribution is -2.69. The van der Waals surface area contributed by atoms with Crippen molar-refractivity contribution in [1.82, 2.24) is 57.7 Å². The number of fused-ring (bicyclic) bond motifs is 1. The van der Waals surface area contributed by atoms with E-state index in [-0.39, 0.29) is 43.0 Å². The first-order valence-electron chi connectivity index (χ1n) is 37.2. The fourth-order valence-corrected chi connectivity index (χ4v) is 12.6. The van der Waals surface area contributed by atoms with Crippen molar-refractivity contribution < 1.29 is 122 Å². The number of primary amides is 1. The second-order valence-corrected chi connectivity index (χ2v) is 30.4. The highest BCUT2D eigenvalue weighted by Crippen LogP contribution is 2.33. The number of aliphatic hydroxyl groups is 7. The summed E-state index contributed by atoms with van der Waals surface area (Å²) < 4.78 is 29.0. The van der Waals surface area contributed by atoms with Crippen LogP contribution < -0.4 is 64.1 Å². The van der Waals surface area contributed by atoms with E-state index >= 15 is 19.2 Å². The van der Waals surface area contributed by atoms with Crippen molar-refractivity contribution in [2.75, 3.05) is 47.5 Å². The highest BCUT2D eigenvalue weighted by molar-refractivity contribution is 6.01. The van der Waals surface area contributed by atoms with E-state index in [0.29, 0.717) is 0 Å². The summed E-state index contributed by atoms with van der Waals surface area (Å²) in [6.45, 7) is 18.1. The summed E-state index contributed by atoms with van der Waals surface area (Å²) in [6.07, 6.45) is -10.1. The van der Waals surface area contributed by atoms with E-state index in [1.807, 2.05) is 19.9 Å². The van der Waals surface area contributed by atoms with Gasteiger partial charge in [-0.3, -0.25) is 57.5 Å². The zero-order valence-corrected chi connectivity index (χ0v) is 66.9. The number of amides is 12. The maximum atomic E-state index is 15.7. The molecule has 630 valence electrons. The van der Waals surface area contributed by atoms with Gasteiger partial charge in [-0.05, 0) is 110 Å². The molecule has 20 N–H and O–H groups in total. The summed E-state index contributed by atoms with van der Waals surface area (Å²) in [6, 6.07) is -10.5. The van der Waals surface area contributed by atoms with Gasteiger partial charge in [0, 0.05) is 39.3 Å². The second kappa shape index (κ2) is 41.8. The van der Waals surface area contributed by atoms with E-state index in [0.717, 1.165) is 56.7 Å². The average Bonchev–Trinajstić information content (AvgIpc) is 0.815. The van der Waals surface area contributed by atoms with Crippen LogP contribution in [0.1, 0.15) is 141 Å². The fraction of sp³-hybridized carbons (Fsp3) is 0.689. The summed E-state index contributed by atoms with van der Waals surface area (Å²) in [4.78, 5) is 190. The predicted molar refractivity (Wildman–Crippen MR) is 400 cm³/mol. The summed E-state index contributed by atoms with van der Waals surface area (Å²) >= 11 is 0. The van der Waals surface area contributed by atoms with Gasteiger partial charge in [0.2, 0.25) is 71.3 Å². The Morgan fingerprint density at radius 2 is 1.42 bits per heavy atom. The van der Waals surface area contributed by atoms with Crippen molar-refractivity contribution in [3.05, 3.63) is 53.6 Å². The molecule has 23 atom stereocenters. The van der Waals surface area contributed by atoms with E-state index < -0.39 is 241 Å². The normalized spacial score (nSPS) is 27.4. The van der Waals surface area contributed by atoms with Crippen LogP contribution in [-0.2, 0) is 81.3 Å². The molecular formula is C74H119N13O25. The second-order valence-electron chi connectivity index (χ2n) is 30.4. The quantitative estimate of drug-likeness (QED) is 0.0264. The van der Waals surface area contributed by atoms with Crippen molar-refractivity contribution >= 4 is 76.9 Å². The standard InChI is InChI=1S/C74H119N13O25/c1-19-35(4)30-36(5)23-28-47(90)74(15,107)71(106)78-32-49(92)85-73(14,42(11)89)70(105)84-51(38(7)75)62(98)81-50(37(6)72(12,13)69(76)104)61(97)82-52-58(34(2)3)112-67(103)46-22-20-21-29-87(46)66(102)53(59(109-18)43-24-26-44(27-25-43)111-68-57(95)56(94)55(93)41(10)110-68)83-64(100)54(40(9)88)86(16)65(101)39(8)79-48(91)31-77-60(96)45(33-108-17)80-63(52)99/h23-28,30,34-35,37-42,45-47,50-59,68,88-90,93-95,107H,19-22,29,31-33,75H2,1-18H3,(H2,76,104)(H,77,96)(H,78,106)(H,79,91)(H,80,99)(H,81,98)(H,82,97)(H,83,100)(H,84,105)(H,85,92). The minimum Gasteiger partial charge on any atom is -0.462 e. The van der Waals surface area contributed by atoms with Crippen molar-refractivity contribution in [3.63, 3.8) is 0 Å². The molecule has 0 aliphatic carbocycles. The number of hydrogen-bond acceptors (Lipinski definition) is 26. The van der Waals surface area contributed by atoms with Crippen LogP contribution in [0.5, 0.6) is 5.75 Å². The number of nitrogens with zero attached hydrogens (tertiary/aromatic N) is 2. The molecular weight excluding hydrogens is 1470 g/mol. The highest BCUT2D eigenvalue weighted by atomic mass is 16.7. The van der Waals surface area contributed by atoms with Crippen LogP contribution in [-0.4, -0.2) is 291 Å². The molecule has 0 radical (unpaired) electrons. The summed E-state index contributed by atoms with van der Waals surface area (Å²) in [5.41, 5.74) is 6.54. The molecule has 0 saturated carbocycles. The molecule has 3 saturated heterocycles. The number of cyclic esters (lactones) is 1. The van der Waals surface area contributed by atoms with Crippen LogP contribution >= 0.6 is 0 Å². The van der Waals surface area contributed by atoms with Crippen LogP contribution in [0.2, 0.25) is 0 Å². The molecule has 38 nitrogen and oxygen atoms in total. The van der Waals surface area contributed by atoms with E-state index in [2.05, 4.69) is 47.9 Å². The van der Waals surface area contributed by atoms with E-state index in [9.17, 15) is 78.9 Å². The fourth-order valence-electron chi connectivity index (χ4n) is 12.6. The Balaban J connectivity index is 1.86. The van der Waals surface area contributed by atoms with Crippen molar-refractivity contribution in [2.45, 2.75) is 256 Å². The number of ether oxygens (including phenoxy) is 5. The molecule has 38 heteroatoms. The third kappa shape index (κ3) is 24.6. The van der Waals surface area contributed by atoms with Gasteiger partial charge < -0.3 is 129 Å². The number of methoxy groups -OCH3 is 2. The number of benzene rings is 1. The SMILES string of the molecule is CCC(C)C=C(C)C=CC(O)C(C)(O)C(=O)NCC(=O)NC(C)(C(=O)NC(C(=O)NC(C(=O)NC1C(=O)NC(COC)C(=O)NCC(=O)NC(C)C(=O)N(C)C(C(C)O)C(=O)NC(C(OC)c2ccc(OC3OC(C)C(O)C(O)C3O)cc2)C(=O)N2CCCCC2C(=O)OC1C(C)C)C(C)C(C)(C)C(N)=O)C(C)N)C(C)O. The van der Waals surface area contributed by atoms with E-state index in [1.165, 1.54) is 106 Å². The molecule has 0 spiro atoms. The third-order valence-electron chi connectivity index (χ3n) is 20.7. The van der Waals surface area contributed by atoms with Gasteiger partial charge >= 0.3 is 5.97 Å². The van der Waals surface area contributed by atoms with Crippen LogP contribution in [0.25, 0.3) is 0 Å². The van der Waals surface area contributed by atoms with Gasteiger partial charge in [0.15, 0.2) is 5.60 Å². The Kier molecular flexibility index (Phi) is 35.7. The minimum absolute atomic E-state index is 0.0353. The lowest BCUT2D eigenvalue weighted by Gasteiger charge is -2.40. The maximum absolute atomic E-state index is 15.7. The van der Waals surface area contributed by atoms with Crippen molar-refractivity contribution in [3.8, 4) is 5.75 Å². The smallest absolute Gasteiger partial charge is 0.329 e. The Morgan fingerprint density at radius 3 is 1.97 bits per heavy atom. The van der Waals surface area contributed by atoms with Gasteiger partial charge in [-0.25, -0.2) is 4.79 Å². The number of rotatable bonds is 29. The van der Waals surface area contributed by atoms with Crippen LogP contribution in [0.4, 0.5) is 0 Å². The molecule has 3 aliphatic rings. The summed E-state index contributed by atoms with van der Waals surface area (Å²) in [5.74, 6) is -17.2. The number of likely N-dealkylation sites (N-methyl/N-ethyl adjacent to an activating group) is 1. The summed E-state index contributed by atoms with van der Waals surface area (Å²) in [7, 11) is 3.47. The number of nitrogens with two attached hydrogens (primary N) is 2. The number of carbonyl (C=O) groups excluding carboxylic acids is 13. The van der Waals surface area contributed by atoms with Gasteiger partial charge in [-0.1, -0.05) is 90.8 Å². The number of esters is 1. The van der Waals surface area contributed by atoms with Crippen LogP contribution in [0.3, 0.4) is 0 Å². The number of aliphatic hydroxyl groups excluding tert-OH is 6. The largest absolute Gasteiger partial charge is 0.462 e. The number of allylic oxidation sites excluding steroid dienone is 3. The Morgan fingerprint density at radius 1 is 0.795 bits per heavy atom. The molecule has 12 amide bonds. The van der Waals surface area contributed by atoms with Crippen LogP contribution in [0.15, 0.2) is 48.1 Å². The van der Waals surface area contributed by atoms with E-state index in [1.54, 1.807) is 6.92 Å². The number of hydrogen-bond donors (Lipinski definition) is 18. The Hall–Kier alpha value is -8.83. The molecule has 3 aliphatic heterocycles. The third-order valence-corrected chi connectivity index (χ3v) is 20.7. The first-order chi connectivity index (χ1) is 52.0. The molecule has 1 aromatic rings. The molecule has 23 unspecified atom stereocenters. The van der Waals surface area contributed by atoms with E-state index in [4.69, 9.17) is 35.2 Å². The number of piperidine rings is 1. The molecule has 4 rings (SSSR count). The first kappa shape index (κ1) is 95.5. The zero-order chi connectivity index (χ0) is 85.1. The van der Waals surface area contributed by atoms with Gasteiger partial charge in [0.05, 0.1) is 38.0 Å². The van der Waals surface area contributed by atoms with Gasteiger partial charge in [0.25, 0.3) is 5.91 Å². The molecule has 0 bridgehead atoms. The molecule has 112 heavy (non-hydrogen) atoms. The number of carbonyl (C=O) groups is 13.